The smallest absolute Gasteiger partial charge is 0.273 e. The van der Waals surface area contributed by atoms with E-state index in [-0.39, 0.29) is 36.1 Å². The first-order valence-corrected chi connectivity index (χ1v) is 14.8. The molecule has 0 aliphatic carbocycles. The Morgan fingerprint density at radius 2 is 1.86 bits per heavy atom. The van der Waals surface area contributed by atoms with Crippen LogP contribution in [0.5, 0.6) is 0 Å². The quantitative estimate of drug-likeness (QED) is 0.149. The lowest BCUT2D eigenvalue weighted by Gasteiger charge is -2.31. The summed E-state index contributed by atoms with van der Waals surface area (Å²) >= 11 is 9.88. The third kappa shape index (κ3) is 6.85. The van der Waals surface area contributed by atoms with Crippen molar-refractivity contribution in [1.82, 2.24) is 15.1 Å². The van der Waals surface area contributed by atoms with Crippen molar-refractivity contribution in [2.45, 2.75) is 44.6 Å². The Balaban J connectivity index is 1.27. The molecule has 218 valence electrons. The van der Waals surface area contributed by atoms with Gasteiger partial charge < -0.3 is 10.2 Å². The van der Waals surface area contributed by atoms with Crippen LogP contribution in [-0.4, -0.2) is 34.0 Å². The third-order valence-corrected chi connectivity index (χ3v) is 7.83. The van der Waals surface area contributed by atoms with Gasteiger partial charge in [-0.15, -0.1) is 0 Å². The number of hydrogen-bond acceptors (Lipinski definition) is 4. The minimum Gasteiger partial charge on any atom is -0.343 e. The number of amides is 2. The van der Waals surface area contributed by atoms with Crippen molar-refractivity contribution in [3.8, 4) is 11.1 Å². The van der Waals surface area contributed by atoms with Gasteiger partial charge in [0, 0.05) is 53.0 Å². The number of carbonyl (C=O) groups excluding carboxylic acids is 2. The fourth-order valence-electron chi connectivity index (χ4n) is 5.35. The molecule has 1 aliphatic heterocycles. The summed E-state index contributed by atoms with van der Waals surface area (Å²) < 4.78 is 31.2. The molecule has 1 aliphatic rings. The van der Waals surface area contributed by atoms with Crippen LogP contribution in [0, 0.1) is 0 Å². The number of alkyl halides is 2. The van der Waals surface area contributed by atoms with Crippen LogP contribution in [0.4, 0.5) is 14.5 Å². The molecule has 3 aromatic carbocycles. The van der Waals surface area contributed by atoms with Crippen LogP contribution in [0.25, 0.3) is 11.1 Å². The highest BCUT2D eigenvalue weighted by Crippen LogP contribution is 2.37. The lowest BCUT2D eigenvalue weighted by atomic mass is 9.93. The molecule has 42 heavy (non-hydrogen) atoms. The highest BCUT2D eigenvalue weighted by molar-refractivity contribution is 7.80. The van der Waals surface area contributed by atoms with Crippen molar-refractivity contribution < 1.29 is 18.4 Å². The Hall–Kier alpha value is -3.69. The molecule has 0 saturated carbocycles. The second-order valence-electron chi connectivity index (χ2n) is 10.3. The largest absolute Gasteiger partial charge is 0.343 e. The summed E-state index contributed by atoms with van der Waals surface area (Å²) in [5.74, 6) is -3.11. The molecule has 4 aromatic rings. The predicted molar refractivity (Wildman–Crippen MR) is 164 cm³/mol. The first-order chi connectivity index (χ1) is 20.2. The average Bonchev–Trinajstić information content (AvgIpc) is 3.45. The monoisotopic (exact) mass is 608 g/mol. The van der Waals surface area contributed by atoms with Gasteiger partial charge in [-0.05, 0) is 66.3 Å². The van der Waals surface area contributed by atoms with E-state index < -0.39 is 12.3 Å². The number of anilines is 1. The molecule has 2 amide bonds. The molecule has 0 radical (unpaired) electrons. The van der Waals surface area contributed by atoms with E-state index in [9.17, 15) is 18.4 Å². The molecule has 0 bridgehead atoms. The summed E-state index contributed by atoms with van der Waals surface area (Å²) in [6.45, 7) is 1.04. The molecule has 1 N–H and O–H groups in total. The van der Waals surface area contributed by atoms with Crippen molar-refractivity contribution in [2.75, 3.05) is 17.3 Å². The SMILES string of the molecule is O=C(NCS)c1cccc(Cn2cc(-c3cccc4c3CCCN4C(=O)CCCC(F)(F)c3ccc(Cl)cc3)cn2)c1. The second-order valence-corrected chi connectivity index (χ2v) is 11.1. The maximum absolute atomic E-state index is 14.7. The van der Waals surface area contributed by atoms with Gasteiger partial charge >= 0.3 is 0 Å². The molecule has 6 nitrogen and oxygen atoms in total. The normalized spacial score (nSPS) is 13.1. The topological polar surface area (TPSA) is 67.2 Å². The molecule has 5 rings (SSSR count). The molecule has 0 unspecified atom stereocenters. The van der Waals surface area contributed by atoms with E-state index >= 15 is 0 Å². The predicted octanol–water partition coefficient (Wildman–Crippen LogP) is 7.11. The van der Waals surface area contributed by atoms with Crippen molar-refractivity contribution >= 4 is 41.7 Å². The summed E-state index contributed by atoms with van der Waals surface area (Å²) in [6.07, 6.45) is 5.04. The maximum Gasteiger partial charge on any atom is 0.273 e. The minimum atomic E-state index is -3.03. The molecule has 2 heterocycles. The maximum atomic E-state index is 14.7. The molecule has 0 fully saturated rings. The van der Waals surface area contributed by atoms with Gasteiger partial charge in [0.1, 0.15) is 0 Å². The number of thiol groups is 1. The summed E-state index contributed by atoms with van der Waals surface area (Å²) in [5.41, 5.74) is 5.19. The van der Waals surface area contributed by atoms with E-state index in [1.807, 2.05) is 47.3 Å². The van der Waals surface area contributed by atoms with Crippen LogP contribution < -0.4 is 10.2 Å². The zero-order valence-corrected chi connectivity index (χ0v) is 24.6. The van der Waals surface area contributed by atoms with Crippen molar-refractivity contribution in [3.63, 3.8) is 0 Å². The highest BCUT2D eigenvalue weighted by Gasteiger charge is 2.32. The number of nitrogens with zero attached hydrogens (tertiary/aromatic N) is 3. The van der Waals surface area contributed by atoms with E-state index in [4.69, 9.17) is 11.6 Å². The van der Waals surface area contributed by atoms with E-state index in [0.717, 1.165) is 40.8 Å². The van der Waals surface area contributed by atoms with Gasteiger partial charge in [0.2, 0.25) is 5.91 Å². The van der Waals surface area contributed by atoms with Gasteiger partial charge in [0.25, 0.3) is 11.8 Å². The number of carbonyl (C=O) groups is 2. The lowest BCUT2D eigenvalue weighted by Crippen LogP contribution is -2.35. The van der Waals surface area contributed by atoms with Crippen molar-refractivity contribution in [3.05, 3.63) is 106 Å². The fourth-order valence-corrected chi connectivity index (χ4v) is 5.62. The number of halogens is 3. The molecule has 0 saturated heterocycles. The van der Waals surface area contributed by atoms with Crippen molar-refractivity contribution in [1.29, 1.82) is 0 Å². The highest BCUT2D eigenvalue weighted by atomic mass is 35.5. The van der Waals surface area contributed by atoms with Crippen LogP contribution >= 0.6 is 24.2 Å². The Bertz CT molecular complexity index is 1570. The number of benzene rings is 3. The summed E-state index contributed by atoms with van der Waals surface area (Å²) in [7, 11) is 0. The Morgan fingerprint density at radius 3 is 2.64 bits per heavy atom. The zero-order valence-electron chi connectivity index (χ0n) is 22.9. The summed E-state index contributed by atoms with van der Waals surface area (Å²) in [5, 5.41) is 7.63. The van der Waals surface area contributed by atoms with Gasteiger partial charge in [-0.2, -0.15) is 17.7 Å². The van der Waals surface area contributed by atoms with Gasteiger partial charge in [0.05, 0.1) is 18.6 Å². The van der Waals surface area contributed by atoms with E-state index in [0.29, 0.717) is 23.7 Å². The number of rotatable bonds is 10. The van der Waals surface area contributed by atoms with Crippen LogP contribution in [0.15, 0.2) is 79.1 Å². The number of fused-ring (bicyclic) bond motifs is 1. The molecule has 0 atom stereocenters. The van der Waals surface area contributed by atoms with E-state index in [2.05, 4.69) is 23.0 Å². The second kappa shape index (κ2) is 13.1. The number of aromatic nitrogens is 2. The molecular formula is C32H31ClF2N4O2S. The van der Waals surface area contributed by atoms with Crippen molar-refractivity contribution in [2.24, 2.45) is 0 Å². The van der Waals surface area contributed by atoms with Gasteiger partial charge in [-0.25, -0.2) is 8.78 Å². The summed E-state index contributed by atoms with van der Waals surface area (Å²) in [4.78, 5) is 27.1. The molecule has 0 spiro atoms. The first-order valence-electron chi connectivity index (χ1n) is 13.8. The van der Waals surface area contributed by atoms with E-state index in [1.165, 1.54) is 24.3 Å². The number of hydrogen-bond donors (Lipinski definition) is 2. The standard InChI is InChI=1S/C32H31ClF2N4O2S/c33-26-13-11-25(12-14-26)32(34,35)15-3-10-30(40)39-16-4-8-28-27(7-2-9-29(28)39)24-18-37-38(20-24)19-22-5-1-6-23(17-22)31(41)36-21-42/h1-2,5-7,9,11-14,17-18,20,42H,3-4,8,10,15-16,19,21H2,(H,36,41). The lowest BCUT2D eigenvalue weighted by molar-refractivity contribution is -0.119. The van der Waals surface area contributed by atoms with E-state index in [1.54, 1.807) is 17.2 Å². The van der Waals surface area contributed by atoms with Gasteiger partial charge in [-0.3, -0.25) is 14.3 Å². The van der Waals surface area contributed by atoms with Crippen LogP contribution in [-0.2, 0) is 23.7 Å². The zero-order chi connectivity index (χ0) is 29.7. The van der Waals surface area contributed by atoms with Crippen LogP contribution in [0.3, 0.4) is 0 Å². The average molecular weight is 609 g/mol. The summed E-state index contributed by atoms with van der Waals surface area (Å²) in [6, 6.07) is 18.8. The first kappa shape index (κ1) is 29.8. The number of nitrogens with one attached hydrogen (secondary N) is 1. The van der Waals surface area contributed by atoms with Crippen LogP contribution in [0.2, 0.25) is 5.02 Å². The Labute approximate surface area is 254 Å². The third-order valence-electron chi connectivity index (χ3n) is 7.42. The Kier molecular flexibility index (Phi) is 9.28. The molecule has 10 heteroatoms. The van der Waals surface area contributed by atoms with Gasteiger partial charge in [0.15, 0.2) is 0 Å². The molecule has 1 aromatic heterocycles. The minimum absolute atomic E-state index is 0.0376. The molecular weight excluding hydrogens is 578 g/mol. The van der Waals surface area contributed by atoms with Gasteiger partial charge in [-0.1, -0.05) is 48.0 Å². The fraction of sp³-hybridized carbons (Fsp3) is 0.281. The Morgan fingerprint density at radius 1 is 1.07 bits per heavy atom. The van der Waals surface area contributed by atoms with Crippen LogP contribution in [0.1, 0.15) is 52.7 Å².